The second kappa shape index (κ2) is 8.30. The first kappa shape index (κ1) is 20.9. The largest absolute Gasteiger partial charge is 0.444 e. The molecule has 0 saturated carbocycles. The Morgan fingerprint density at radius 1 is 1.16 bits per heavy atom. The molecule has 0 saturated heterocycles. The van der Waals surface area contributed by atoms with Crippen molar-refractivity contribution >= 4 is 22.0 Å². The number of carbonyl (C=O) groups excluding carboxylic acids is 2. The Bertz CT molecular complexity index is 701. The first-order chi connectivity index (χ1) is 11.4. The van der Waals surface area contributed by atoms with E-state index in [9.17, 15) is 18.0 Å². The van der Waals surface area contributed by atoms with Crippen LogP contribution in [-0.2, 0) is 19.6 Å². The minimum atomic E-state index is -3.71. The maximum Gasteiger partial charge on any atom is 0.408 e. The molecule has 2 amide bonds. The molecule has 0 fully saturated rings. The molecule has 0 atom stereocenters. The van der Waals surface area contributed by atoms with Crippen molar-refractivity contribution in [3.05, 3.63) is 11.4 Å². The molecule has 1 aromatic rings. The first-order valence-electron chi connectivity index (χ1n) is 7.67. The van der Waals surface area contributed by atoms with Gasteiger partial charge in [-0.05, 0) is 34.6 Å². The third-order valence-electron chi connectivity index (χ3n) is 2.86. The van der Waals surface area contributed by atoms with E-state index in [4.69, 9.17) is 4.74 Å². The van der Waals surface area contributed by atoms with Crippen LogP contribution in [-0.4, -0.2) is 55.9 Å². The Morgan fingerprint density at radius 2 is 1.80 bits per heavy atom. The van der Waals surface area contributed by atoms with Crippen molar-refractivity contribution in [2.75, 3.05) is 19.6 Å². The number of H-pyrrole nitrogens is 1. The Kier molecular flexibility index (Phi) is 6.94. The van der Waals surface area contributed by atoms with Gasteiger partial charge in [-0.25, -0.2) is 17.9 Å². The molecule has 10 nitrogen and oxygen atoms in total. The molecule has 0 aliphatic carbocycles. The topological polar surface area (TPSA) is 142 Å². The zero-order valence-corrected chi connectivity index (χ0v) is 15.8. The molecule has 11 heteroatoms. The van der Waals surface area contributed by atoms with Gasteiger partial charge in [-0.3, -0.25) is 9.89 Å². The molecule has 0 aliphatic rings. The lowest BCUT2D eigenvalue weighted by molar-refractivity contribution is -0.120. The normalized spacial score (nSPS) is 11.9. The number of nitrogens with zero attached hydrogens (tertiary/aromatic N) is 1. The third-order valence-corrected chi connectivity index (χ3v) is 4.58. The number of amides is 2. The molecule has 0 aliphatic heterocycles. The van der Waals surface area contributed by atoms with Gasteiger partial charge in [-0.2, -0.15) is 5.10 Å². The standard InChI is InChI=1S/C14H25N5O5S/c1-9-12(10(2)19-18-9)25(22,23)17-7-6-15-11(20)8-16-13(21)24-14(3,4)5/h17H,6-8H2,1-5H3,(H,15,20)(H,16,21)(H,18,19). The smallest absolute Gasteiger partial charge is 0.408 e. The van der Waals surface area contributed by atoms with Crippen LogP contribution >= 0.6 is 0 Å². The summed E-state index contributed by atoms with van der Waals surface area (Å²) in [6.45, 7) is 8.14. The van der Waals surface area contributed by atoms with Crippen molar-refractivity contribution in [3.63, 3.8) is 0 Å². The summed E-state index contributed by atoms with van der Waals surface area (Å²) in [5.41, 5.74) is 0.161. The minimum Gasteiger partial charge on any atom is -0.444 e. The quantitative estimate of drug-likeness (QED) is 0.492. The van der Waals surface area contributed by atoms with Crippen LogP contribution in [0.1, 0.15) is 32.2 Å². The number of hydrogen-bond donors (Lipinski definition) is 4. The fourth-order valence-electron chi connectivity index (χ4n) is 1.93. The minimum absolute atomic E-state index is 0.00453. The third kappa shape index (κ3) is 7.10. The summed E-state index contributed by atoms with van der Waals surface area (Å²) in [6.07, 6.45) is -0.700. The number of hydrogen-bond acceptors (Lipinski definition) is 6. The van der Waals surface area contributed by atoms with Crippen molar-refractivity contribution in [1.82, 2.24) is 25.6 Å². The Labute approximate surface area is 147 Å². The van der Waals surface area contributed by atoms with Gasteiger partial charge in [0.2, 0.25) is 15.9 Å². The van der Waals surface area contributed by atoms with Gasteiger partial charge >= 0.3 is 6.09 Å². The first-order valence-corrected chi connectivity index (χ1v) is 9.15. The van der Waals surface area contributed by atoms with Crippen molar-refractivity contribution in [2.45, 2.75) is 45.1 Å². The van der Waals surface area contributed by atoms with Gasteiger partial charge in [-0.1, -0.05) is 0 Å². The van der Waals surface area contributed by atoms with E-state index in [0.717, 1.165) is 0 Å². The van der Waals surface area contributed by atoms with E-state index in [-0.39, 0.29) is 24.5 Å². The average molecular weight is 375 g/mol. The Balaban J connectivity index is 2.34. The number of ether oxygens (including phenoxy) is 1. The van der Waals surface area contributed by atoms with Gasteiger partial charge in [0.25, 0.3) is 0 Å². The van der Waals surface area contributed by atoms with Crippen molar-refractivity contribution in [1.29, 1.82) is 0 Å². The van der Waals surface area contributed by atoms with Crippen LogP contribution in [0, 0.1) is 13.8 Å². The molecule has 0 radical (unpaired) electrons. The lowest BCUT2D eigenvalue weighted by Crippen LogP contribution is -2.42. The molecule has 142 valence electrons. The molecule has 0 spiro atoms. The average Bonchev–Trinajstić information content (AvgIpc) is 2.79. The number of rotatable bonds is 7. The number of aromatic amines is 1. The Hall–Kier alpha value is -2.14. The fraction of sp³-hybridized carbons (Fsp3) is 0.643. The second-order valence-electron chi connectivity index (χ2n) is 6.37. The summed E-state index contributed by atoms with van der Waals surface area (Å²) in [4.78, 5) is 23.1. The molecular formula is C14H25N5O5S. The highest BCUT2D eigenvalue weighted by molar-refractivity contribution is 7.89. The fourth-order valence-corrected chi connectivity index (χ4v) is 3.32. The molecule has 1 aromatic heterocycles. The molecule has 25 heavy (non-hydrogen) atoms. The van der Waals surface area contributed by atoms with Crippen LogP contribution in [0.15, 0.2) is 4.90 Å². The number of aromatic nitrogens is 2. The van der Waals surface area contributed by atoms with E-state index < -0.39 is 27.6 Å². The van der Waals surface area contributed by atoms with Crippen LogP contribution < -0.4 is 15.4 Å². The van der Waals surface area contributed by atoms with Gasteiger partial charge in [-0.15, -0.1) is 0 Å². The van der Waals surface area contributed by atoms with E-state index in [0.29, 0.717) is 11.4 Å². The van der Waals surface area contributed by atoms with Crippen molar-refractivity contribution < 1.29 is 22.7 Å². The molecule has 0 bridgehead atoms. The molecule has 1 rings (SSSR count). The summed E-state index contributed by atoms with van der Waals surface area (Å²) >= 11 is 0. The number of nitrogens with one attached hydrogen (secondary N) is 4. The summed E-state index contributed by atoms with van der Waals surface area (Å²) < 4.78 is 31.7. The van der Waals surface area contributed by atoms with Crippen LogP contribution in [0.3, 0.4) is 0 Å². The van der Waals surface area contributed by atoms with E-state index >= 15 is 0 Å². The SMILES string of the molecule is Cc1n[nH]c(C)c1S(=O)(=O)NCCNC(=O)CNC(=O)OC(C)(C)C. The highest BCUT2D eigenvalue weighted by atomic mass is 32.2. The molecular weight excluding hydrogens is 350 g/mol. The highest BCUT2D eigenvalue weighted by Crippen LogP contribution is 2.15. The molecule has 4 N–H and O–H groups in total. The lowest BCUT2D eigenvalue weighted by atomic mass is 10.2. The second-order valence-corrected chi connectivity index (χ2v) is 8.07. The van der Waals surface area contributed by atoms with Gasteiger partial charge in [0.05, 0.1) is 17.9 Å². The predicted molar refractivity (Wildman–Crippen MR) is 90.5 cm³/mol. The number of carbonyl (C=O) groups is 2. The summed E-state index contributed by atoms with van der Waals surface area (Å²) in [5, 5.41) is 11.2. The zero-order valence-electron chi connectivity index (χ0n) is 15.0. The molecule has 1 heterocycles. The predicted octanol–water partition coefficient (Wildman–Crippen LogP) is -0.0543. The maximum atomic E-state index is 12.2. The van der Waals surface area contributed by atoms with E-state index in [2.05, 4.69) is 25.6 Å². The van der Waals surface area contributed by atoms with Crippen LogP contribution in [0.5, 0.6) is 0 Å². The molecule has 0 unspecified atom stereocenters. The van der Waals surface area contributed by atoms with E-state index in [1.807, 2.05) is 0 Å². The zero-order chi connectivity index (χ0) is 19.3. The van der Waals surface area contributed by atoms with E-state index in [1.165, 1.54) is 0 Å². The van der Waals surface area contributed by atoms with Crippen LogP contribution in [0.25, 0.3) is 0 Å². The van der Waals surface area contributed by atoms with Gasteiger partial charge < -0.3 is 15.4 Å². The molecule has 0 aromatic carbocycles. The van der Waals surface area contributed by atoms with Gasteiger partial charge in [0.15, 0.2) is 0 Å². The summed E-state index contributed by atoms with van der Waals surface area (Å²) in [5.74, 6) is -0.458. The monoisotopic (exact) mass is 375 g/mol. The Morgan fingerprint density at radius 3 is 2.32 bits per heavy atom. The summed E-state index contributed by atoms with van der Waals surface area (Å²) in [6, 6.07) is 0. The maximum absolute atomic E-state index is 12.2. The summed E-state index contributed by atoms with van der Waals surface area (Å²) in [7, 11) is -3.71. The van der Waals surface area contributed by atoms with Crippen molar-refractivity contribution in [3.8, 4) is 0 Å². The van der Waals surface area contributed by atoms with Crippen molar-refractivity contribution in [2.24, 2.45) is 0 Å². The lowest BCUT2D eigenvalue weighted by Gasteiger charge is -2.19. The van der Waals surface area contributed by atoms with Gasteiger partial charge in [0.1, 0.15) is 10.5 Å². The van der Waals surface area contributed by atoms with E-state index in [1.54, 1.807) is 34.6 Å². The number of aryl methyl sites for hydroxylation is 2. The number of sulfonamides is 1. The van der Waals surface area contributed by atoms with Crippen LogP contribution in [0.4, 0.5) is 4.79 Å². The van der Waals surface area contributed by atoms with Crippen LogP contribution in [0.2, 0.25) is 0 Å². The van der Waals surface area contributed by atoms with Gasteiger partial charge in [0, 0.05) is 13.1 Å². The highest BCUT2D eigenvalue weighted by Gasteiger charge is 2.21. The number of alkyl carbamates (subject to hydrolysis) is 1.